The number of benzene rings is 3. The Balaban J connectivity index is 1.44. The molecule has 3 aromatic rings. The molecule has 3 aromatic carbocycles. The van der Waals surface area contributed by atoms with Crippen molar-refractivity contribution in [2.24, 2.45) is 0 Å². The fourth-order valence-electron chi connectivity index (χ4n) is 5.46. The molecule has 1 saturated carbocycles. The summed E-state index contributed by atoms with van der Waals surface area (Å²) in [5.74, 6) is -0.638. The van der Waals surface area contributed by atoms with Gasteiger partial charge in [0, 0.05) is 28.6 Å². The van der Waals surface area contributed by atoms with E-state index in [1.807, 2.05) is 55.5 Å². The number of hydrogen-bond acceptors (Lipinski definition) is 3. The molecular weight excluding hydrogens is 474 g/mol. The van der Waals surface area contributed by atoms with Gasteiger partial charge < -0.3 is 10.2 Å². The van der Waals surface area contributed by atoms with Crippen LogP contribution in [0.4, 0.5) is 5.69 Å². The standard InChI is InChI=1S/C29H30ClN3O3/c1-2-24(28(35)31-21-12-4-5-13-21)32(17-20-9-3-6-15-23(20)30)26(34)18-33-25-16-8-11-19-10-7-14-22(27(19)25)29(33)36/h3,6-11,14-16,21,24H,2,4-5,12-13,17-18H2,1H3,(H,31,35)/t24-/m1/s1. The third kappa shape index (κ3) is 4.58. The summed E-state index contributed by atoms with van der Waals surface area (Å²) in [6, 6.07) is 18.2. The molecule has 0 bridgehead atoms. The highest BCUT2D eigenvalue weighted by Crippen LogP contribution is 2.37. The van der Waals surface area contributed by atoms with Gasteiger partial charge in [-0.05, 0) is 48.4 Å². The highest BCUT2D eigenvalue weighted by atomic mass is 35.5. The second kappa shape index (κ2) is 10.3. The fourth-order valence-corrected chi connectivity index (χ4v) is 5.65. The third-order valence-electron chi connectivity index (χ3n) is 7.33. The number of carbonyl (C=O) groups is 3. The van der Waals surface area contributed by atoms with Gasteiger partial charge in [-0.3, -0.25) is 19.3 Å². The van der Waals surface area contributed by atoms with Gasteiger partial charge in [-0.25, -0.2) is 0 Å². The van der Waals surface area contributed by atoms with Gasteiger partial charge in [0.1, 0.15) is 12.6 Å². The molecule has 6 nitrogen and oxygen atoms in total. The zero-order chi connectivity index (χ0) is 25.2. The van der Waals surface area contributed by atoms with Gasteiger partial charge in [0.25, 0.3) is 5.91 Å². The van der Waals surface area contributed by atoms with Crippen molar-refractivity contribution < 1.29 is 14.4 Å². The van der Waals surface area contributed by atoms with Crippen molar-refractivity contribution in [2.75, 3.05) is 11.4 Å². The number of nitrogens with zero attached hydrogens (tertiary/aromatic N) is 2. The minimum absolute atomic E-state index is 0.149. The summed E-state index contributed by atoms with van der Waals surface area (Å²) in [7, 11) is 0. The summed E-state index contributed by atoms with van der Waals surface area (Å²) in [5, 5.41) is 5.51. The van der Waals surface area contributed by atoms with Crippen LogP contribution >= 0.6 is 11.6 Å². The smallest absolute Gasteiger partial charge is 0.259 e. The second-order valence-corrected chi connectivity index (χ2v) is 10.0. The minimum Gasteiger partial charge on any atom is -0.352 e. The van der Waals surface area contributed by atoms with Crippen LogP contribution in [-0.2, 0) is 16.1 Å². The van der Waals surface area contributed by atoms with E-state index in [9.17, 15) is 14.4 Å². The molecule has 0 saturated heterocycles. The lowest BCUT2D eigenvalue weighted by Crippen LogP contribution is -2.53. The second-order valence-electron chi connectivity index (χ2n) is 9.60. The molecule has 1 aliphatic carbocycles. The molecule has 1 aliphatic heterocycles. The van der Waals surface area contributed by atoms with E-state index in [0.717, 1.165) is 47.7 Å². The van der Waals surface area contributed by atoms with Crippen molar-refractivity contribution in [3.63, 3.8) is 0 Å². The molecule has 1 fully saturated rings. The van der Waals surface area contributed by atoms with Crippen LogP contribution in [0.2, 0.25) is 5.02 Å². The SMILES string of the molecule is CC[C@H](C(=O)NC1CCCC1)N(Cc1ccccc1Cl)C(=O)CN1C(=O)c2cccc3cccc1c23. The highest BCUT2D eigenvalue weighted by Gasteiger charge is 2.35. The van der Waals surface area contributed by atoms with Gasteiger partial charge >= 0.3 is 0 Å². The van der Waals surface area contributed by atoms with E-state index in [1.54, 1.807) is 17.0 Å². The Kier molecular flexibility index (Phi) is 6.97. The first-order chi connectivity index (χ1) is 17.5. The van der Waals surface area contributed by atoms with Crippen molar-refractivity contribution >= 4 is 45.8 Å². The van der Waals surface area contributed by atoms with Crippen LogP contribution in [0.25, 0.3) is 10.8 Å². The maximum Gasteiger partial charge on any atom is 0.259 e. The highest BCUT2D eigenvalue weighted by molar-refractivity contribution is 6.31. The average molecular weight is 504 g/mol. The molecule has 1 heterocycles. The molecule has 1 N–H and O–H groups in total. The number of rotatable bonds is 8. The summed E-state index contributed by atoms with van der Waals surface area (Å²) < 4.78 is 0. The van der Waals surface area contributed by atoms with Crippen LogP contribution in [0.1, 0.15) is 54.9 Å². The summed E-state index contributed by atoms with van der Waals surface area (Å²) >= 11 is 6.44. The van der Waals surface area contributed by atoms with Gasteiger partial charge in [0.15, 0.2) is 0 Å². The first-order valence-electron chi connectivity index (χ1n) is 12.6. The first-order valence-corrected chi connectivity index (χ1v) is 13.0. The van der Waals surface area contributed by atoms with Crippen molar-refractivity contribution in [3.05, 3.63) is 76.8 Å². The minimum atomic E-state index is -0.662. The lowest BCUT2D eigenvalue weighted by atomic mass is 10.1. The Morgan fingerprint density at radius 1 is 1.06 bits per heavy atom. The lowest BCUT2D eigenvalue weighted by molar-refractivity contribution is -0.140. The Hall–Kier alpha value is -3.38. The molecular formula is C29H30ClN3O3. The van der Waals surface area contributed by atoms with Crippen molar-refractivity contribution in [1.82, 2.24) is 10.2 Å². The lowest BCUT2D eigenvalue weighted by Gasteiger charge is -2.33. The van der Waals surface area contributed by atoms with Gasteiger partial charge in [-0.2, -0.15) is 0 Å². The number of amides is 3. The van der Waals surface area contributed by atoms with Gasteiger partial charge in [0.2, 0.25) is 11.8 Å². The van der Waals surface area contributed by atoms with Gasteiger partial charge in [-0.1, -0.05) is 73.8 Å². The number of carbonyl (C=O) groups excluding carboxylic acids is 3. The Bertz CT molecular complexity index is 1310. The molecule has 0 unspecified atom stereocenters. The average Bonchev–Trinajstić information content (AvgIpc) is 3.48. The normalized spacial score (nSPS) is 15.9. The molecule has 2 aliphatic rings. The zero-order valence-electron chi connectivity index (χ0n) is 20.4. The molecule has 7 heteroatoms. The number of nitrogens with one attached hydrogen (secondary N) is 1. The monoisotopic (exact) mass is 503 g/mol. The largest absolute Gasteiger partial charge is 0.352 e. The van der Waals surface area contributed by atoms with E-state index in [1.165, 1.54) is 4.90 Å². The molecule has 0 aromatic heterocycles. The number of halogens is 1. The predicted molar refractivity (Wildman–Crippen MR) is 142 cm³/mol. The van der Waals surface area contributed by atoms with Gasteiger partial charge in [0.05, 0.1) is 5.69 Å². The number of anilines is 1. The van der Waals surface area contributed by atoms with E-state index in [0.29, 0.717) is 17.0 Å². The van der Waals surface area contributed by atoms with Crippen LogP contribution in [0.3, 0.4) is 0 Å². The number of hydrogen-bond donors (Lipinski definition) is 1. The van der Waals surface area contributed by atoms with Crippen LogP contribution < -0.4 is 10.2 Å². The van der Waals surface area contributed by atoms with E-state index < -0.39 is 6.04 Å². The molecule has 0 spiro atoms. The summed E-state index contributed by atoms with van der Waals surface area (Å²) in [5.41, 5.74) is 2.08. The Labute approximate surface area is 216 Å². The summed E-state index contributed by atoms with van der Waals surface area (Å²) in [6.07, 6.45) is 4.59. The summed E-state index contributed by atoms with van der Waals surface area (Å²) in [6.45, 7) is 1.95. The van der Waals surface area contributed by atoms with Crippen molar-refractivity contribution in [3.8, 4) is 0 Å². The van der Waals surface area contributed by atoms with E-state index in [2.05, 4.69) is 5.32 Å². The van der Waals surface area contributed by atoms with Crippen LogP contribution in [-0.4, -0.2) is 41.2 Å². The van der Waals surface area contributed by atoms with Crippen LogP contribution in [0.5, 0.6) is 0 Å². The fraction of sp³-hybridized carbons (Fsp3) is 0.345. The molecule has 36 heavy (non-hydrogen) atoms. The zero-order valence-corrected chi connectivity index (χ0v) is 21.1. The van der Waals surface area contributed by atoms with Crippen LogP contribution in [0.15, 0.2) is 60.7 Å². The molecule has 186 valence electrons. The maximum absolute atomic E-state index is 13.9. The third-order valence-corrected chi connectivity index (χ3v) is 7.70. The topological polar surface area (TPSA) is 69.7 Å². The first kappa shape index (κ1) is 24.3. The van der Waals surface area contributed by atoms with Crippen molar-refractivity contribution in [2.45, 2.75) is 57.7 Å². The van der Waals surface area contributed by atoms with E-state index in [4.69, 9.17) is 11.6 Å². The van der Waals surface area contributed by atoms with Crippen LogP contribution in [0, 0.1) is 0 Å². The maximum atomic E-state index is 13.9. The van der Waals surface area contributed by atoms with E-state index >= 15 is 0 Å². The molecule has 5 rings (SSSR count). The van der Waals surface area contributed by atoms with Crippen molar-refractivity contribution in [1.29, 1.82) is 0 Å². The van der Waals surface area contributed by atoms with E-state index in [-0.39, 0.29) is 36.9 Å². The molecule has 0 radical (unpaired) electrons. The predicted octanol–water partition coefficient (Wildman–Crippen LogP) is 5.32. The Morgan fingerprint density at radius 2 is 1.78 bits per heavy atom. The molecule has 3 amide bonds. The quantitative estimate of drug-likeness (QED) is 0.452. The summed E-state index contributed by atoms with van der Waals surface area (Å²) in [4.78, 5) is 43.7. The van der Waals surface area contributed by atoms with Gasteiger partial charge in [-0.15, -0.1) is 0 Å². The Morgan fingerprint density at radius 3 is 2.50 bits per heavy atom. The molecule has 1 atom stereocenters.